The summed E-state index contributed by atoms with van der Waals surface area (Å²) in [5.74, 6) is 0.257. The van der Waals surface area contributed by atoms with Crippen LogP contribution in [0, 0.1) is 6.92 Å². The third kappa shape index (κ3) is 4.22. The molecule has 0 spiro atoms. The number of amides is 1. The van der Waals surface area contributed by atoms with Gasteiger partial charge in [-0.1, -0.05) is 60.7 Å². The van der Waals surface area contributed by atoms with Crippen LogP contribution in [0.15, 0.2) is 90.1 Å². The van der Waals surface area contributed by atoms with Crippen LogP contribution in [0.1, 0.15) is 11.3 Å². The third-order valence-electron chi connectivity index (χ3n) is 5.32. The highest BCUT2D eigenvalue weighted by molar-refractivity contribution is 7.99. The number of pyridine rings is 1. The van der Waals surface area contributed by atoms with E-state index in [2.05, 4.69) is 44.1 Å². The van der Waals surface area contributed by atoms with Gasteiger partial charge in [-0.2, -0.15) is 0 Å². The number of para-hydroxylation sites is 3. The molecule has 5 aromatic rings. The molecule has 0 saturated heterocycles. The lowest BCUT2D eigenvalue weighted by molar-refractivity contribution is -0.700. The monoisotopic (exact) mass is 439 g/mol. The molecule has 3 aromatic carbocycles. The minimum Gasteiger partial charge on any atom is -0.325 e. The number of hydrogen-bond donors (Lipinski definition) is 2. The van der Waals surface area contributed by atoms with Crippen molar-refractivity contribution < 1.29 is 9.36 Å². The zero-order valence-corrected chi connectivity index (χ0v) is 18.5. The van der Waals surface area contributed by atoms with E-state index in [1.807, 2.05) is 67.6 Å². The van der Waals surface area contributed by atoms with Crippen molar-refractivity contribution in [2.45, 2.75) is 18.6 Å². The Balaban J connectivity index is 1.38. The van der Waals surface area contributed by atoms with E-state index in [4.69, 9.17) is 0 Å². The molecule has 2 aromatic heterocycles. The van der Waals surface area contributed by atoms with Crippen molar-refractivity contribution >= 4 is 45.3 Å². The van der Waals surface area contributed by atoms with Crippen molar-refractivity contribution in [2.24, 2.45) is 0 Å². The maximum Gasteiger partial charge on any atom is 0.317 e. The van der Waals surface area contributed by atoms with Gasteiger partial charge in [-0.15, -0.1) is 0 Å². The maximum absolute atomic E-state index is 12.9. The van der Waals surface area contributed by atoms with Gasteiger partial charge in [0.05, 0.1) is 17.0 Å². The molecular formula is C26H23N4OS+. The number of carbonyl (C=O) groups is 1. The molecule has 0 unspecified atom stereocenters. The van der Waals surface area contributed by atoms with Gasteiger partial charge in [0.25, 0.3) is 0 Å². The van der Waals surface area contributed by atoms with Gasteiger partial charge in [-0.25, -0.2) is 9.55 Å². The minimum atomic E-state index is -0.0457. The normalized spacial score (nSPS) is 11.2. The van der Waals surface area contributed by atoms with E-state index < -0.39 is 0 Å². The lowest BCUT2D eigenvalue weighted by atomic mass is 10.1. The molecular weight excluding hydrogens is 416 g/mol. The number of aromatic amines is 1. The number of rotatable bonds is 6. The second-order valence-corrected chi connectivity index (χ2v) is 8.65. The lowest BCUT2D eigenvalue weighted by Gasteiger charge is -2.09. The summed E-state index contributed by atoms with van der Waals surface area (Å²) in [7, 11) is 0. The van der Waals surface area contributed by atoms with Gasteiger partial charge in [0.2, 0.25) is 5.91 Å². The number of carbonyl (C=O) groups excluding carboxylic acids is 1. The topological polar surface area (TPSA) is 61.7 Å². The first-order valence-corrected chi connectivity index (χ1v) is 11.5. The molecule has 0 saturated carbocycles. The van der Waals surface area contributed by atoms with E-state index >= 15 is 0 Å². The Morgan fingerprint density at radius 2 is 1.75 bits per heavy atom. The fourth-order valence-electron chi connectivity index (χ4n) is 3.88. The zero-order chi connectivity index (χ0) is 21.9. The van der Waals surface area contributed by atoms with Crippen LogP contribution in [0.4, 0.5) is 5.69 Å². The second kappa shape index (κ2) is 8.85. The summed E-state index contributed by atoms with van der Waals surface area (Å²) in [5, 5.41) is 4.98. The van der Waals surface area contributed by atoms with Gasteiger partial charge in [0.15, 0.2) is 11.0 Å². The first kappa shape index (κ1) is 20.3. The molecule has 0 aliphatic rings. The average molecular weight is 440 g/mol. The van der Waals surface area contributed by atoms with Crippen LogP contribution in [0.2, 0.25) is 0 Å². The van der Waals surface area contributed by atoms with Crippen LogP contribution >= 0.6 is 11.8 Å². The van der Waals surface area contributed by atoms with E-state index in [1.54, 1.807) is 0 Å². The fourth-order valence-corrected chi connectivity index (χ4v) is 4.72. The summed E-state index contributed by atoms with van der Waals surface area (Å²) in [6.07, 6.45) is 0. The number of imidazole rings is 1. The van der Waals surface area contributed by atoms with Crippen LogP contribution in [-0.2, 0) is 11.3 Å². The van der Waals surface area contributed by atoms with Crippen molar-refractivity contribution in [2.75, 3.05) is 11.1 Å². The number of anilines is 1. The van der Waals surface area contributed by atoms with E-state index in [1.165, 1.54) is 17.3 Å². The fraction of sp³-hybridized carbons (Fsp3) is 0.115. The number of thioether (sulfide) groups is 1. The molecule has 2 N–H and O–H groups in total. The Bertz CT molecular complexity index is 1410. The molecule has 0 aliphatic carbocycles. The maximum atomic E-state index is 12.9. The molecule has 0 bridgehead atoms. The number of hydrogen-bond acceptors (Lipinski definition) is 3. The number of nitrogens with zero attached hydrogens (tertiary/aromatic N) is 2. The minimum absolute atomic E-state index is 0.0457. The highest BCUT2D eigenvalue weighted by Crippen LogP contribution is 2.24. The third-order valence-corrected chi connectivity index (χ3v) is 6.33. The largest absolute Gasteiger partial charge is 0.325 e. The van der Waals surface area contributed by atoms with E-state index in [0.717, 1.165) is 45.0 Å². The molecule has 1 amide bonds. The smallest absolute Gasteiger partial charge is 0.317 e. The highest BCUT2D eigenvalue weighted by Gasteiger charge is 2.20. The number of benzene rings is 3. The molecule has 158 valence electrons. The predicted octanol–water partition coefficient (Wildman–Crippen LogP) is 5.09. The molecule has 5 rings (SSSR count). The van der Waals surface area contributed by atoms with Crippen LogP contribution in [-0.4, -0.2) is 21.6 Å². The summed E-state index contributed by atoms with van der Waals surface area (Å²) in [6.45, 7) is 2.68. The van der Waals surface area contributed by atoms with Gasteiger partial charge >= 0.3 is 5.16 Å². The Labute approximate surface area is 190 Å². The van der Waals surface area contributed by atoms with Crippen LogP contribution in [0.25, 0.3) is 21.9 Å². The van der Waals surface area contributed by atoms with Crippen molar-refractivity contribution in [3.63, 3.8) is 0 Å². The quantitative estimate of drug-likeness (QED) is 0.286. The van der Waals surface area contributed by atoms with Crippen molar-refractivity contribution in [1.82, 2.24) is 9.97 Å². The molecule has 0 atom stereocenters. The summed E-state index contributed by atoms with van der Waals surface area (Å²) in [5.41, 5.74) is 5.95. The second-order valence-electron chi connectivity index (χ2n) is 7.68. The van der Waals surface area contributed by atoms with Crippen molar-refractivity contribution in [1.29, 1.82) is 0 Å². The van der Waals surface area contributed by atoms with E-state index in [9.17, 15) is 4.79 Å². The predicted molar refractivity (Wildman–Crippen MR) is 130 cm³/mol. The SMILES string of the molecule is Cc1cc(NC(=O)CSc2[nH]c3ccccc3[n+]2Cc2ccccc2)c2ccccc2n1. The Hall–Kier alpha value is -3.64. The number of aromatic nitrogens is 3. The van der Waals surface area contributed by atoms with Gasteiger partial charge in [0.1, 0.15) is 6.54 Å². The van der Waals surface area contributed by atoms with Crippen LogP contribution in [0.5, 0.6) is 0 Å². The van der Waals surface area contributed by atoms with Crippen molar-refractivity contribution in [3.05, 3.63) is 96.2 Å². The standard InChI is InChI=1S/C26H22N4OS/c1-18-15-23(20-11-5-6-12-21(20)27-18)28-25(31)17-32-26-29-22-13-7-8-14-24(22)30(26)16-19-9-3-2-4-10-19/h2-15H,16-17H2,1H3,(H,27,28,31)/p+1. The summed E-state index contributed by atoms with van der Waals surface area (Å²) < 4.78 is 2.23. The van der Waals surface area contributed by atoms with Gasteiger partial charge in [-0.3, -0.25) is 9.78 Å². The van der Waals surface area contributed by atoms with Crippen molar-refractivity contribution in [3.8, 4) is 0 Å². The average Bonchev–Trinajstić information content (AvgIpc) is 3.15. The summed E-state index contributed by atoms with van der Waals surface area (Å²) in [6, 6.07) is 28.4. The Morgan fingerprint density at radius 3 is 2.62 bits per heavy atom. The number of H-pyrrole nitrogens is 1. The highest BCUT2D eigenvalue weighted by atomic mass is 32.2. The van der Waals surface area contributed by atoms with Gasteiger partial charge in [0, 0.05) is 11.1 Å². The Morgan fingerprint density at radius 1 is 1.00 bits per heavy atom. The molecule has 0 radical (unpaired) electrons. The van der Waals surface area contributed by atoms with Gasteiger partial charge in [-0.05, 0) is 48.5 Å². The molecule has 0 fully saturated rings. The summed E-state index contributed by atoms with van der Waals surface area (Å²) >= 11 is 1.51. The van der Waals surface area contributed by atoms with Gasteiger partial charge < -0.3 is 5.32 Å². The van der Waals surface area contributed by atoms with E-state index in [-0.39, 0.29) is 5.91 Å². The first-order valence-electron chi connectivity index (χ1n) is 10.5. The number of aryl methyl sites for hydroxylation is 1. The molecule has 5 nitrogen and oxygen atoms in total. The summed E-state index contributed by atoms with van der Waals surface area (Å²) in [4.78, 5) is 20.9. The zero-order valence-electron chi connectivity index (χ0n) is 17.7. The van der Waals surface area contributed by atoms with Crippen LogP contribution < -0.4 is 9.88 Å². The Kier molecular flexibility index (Phi) is 5.60. The lowest BCUT2D eigenvalue weighted by Crippen LogP contribution is -2.35. The molecule has 6 heteroatoms. The van der Waals surface area contributed by atoms with E-state index in [0.29, 0.717) is 5.75 Å². The van der Waals surface area contributed by atoms with Crippen LogP contribution in [0.3, 0.4) is 0 Å². The number of nitrogens with one attached hydrogen (secondary N) is 2. The molecule has 2 heterocycles. The first-order chi connectivity index (χ1) is 15.7. The number of fused-ring (bicyclic) bond motifs is 2. The molecule has 32 heavy (non-hydrogen) atoms. The molecule has 0 aliphatic heterocycles.